The van der Waals surface area contributed by atoms with Crippen molar-refractivity contribution in [1.29, 1.82) is 0 Å². The predicted molar refractivity (Wildman–Crippen MR) is 219 cm³/mol. The first-order valence-corrected chi connectivity index (χ1v) is 21.3. The van der Waals surface area contributed by atoms with E-state index in [2.05, 4.69) is 151 Å². The van der Waals surface area contributed by atoms with Crippen molar-refractivity contribution in [2.24, 2.45) is 0 Å². The lowest BCUT2D eigenvalue weighted by Crippen LogP contribution is -2.63. The van der Waals surface area contributed by atoms with Gasteiger partial charge in [-0.3, -0.25) is 0 Å². The van der Waals surface area contributed by atoms with Crippen molar-refractivity contribution in [2.45, 2.75) is 18.5 Å². The van der Waals surface area contributed by atoms with Gasteiger partial charge in [0.1, 0.15) is 8.07 Å². The number of hydrogen-bond donors (Lipinski definition) is 0. The van der Waals surface area contributed by atoms with E-state index in [0.717, 1.165) is 16.7 Å². The van der Waals surface area contributed by atoms with Crippen LogP contribution in [0.2, 0.25) is 13.1 Å². The summed E-state index contributed by atoms with van der Waals surface area (Å²) in [7, 11) is -2.18. The van der Waals surface area contributed by atoms with Crippen molar-refractivity contribution in [3.05, 3.63) is 192 Å². The van der Waals surface area contributed by atoms with Crippen LogP contribution < -0.4 is 10.4 Å². The van der Waals surface area contributed by atoms with Crippen LogP contribution in [0.15, 0.2) is 170 Å². The van der Waals surface area contributed by atoms with Gasteiger partial charge < -0.3 is 4.57 Å². The molecule has 0 amide bonds. The number of hydrogen-bond acceptors (Lipinski definition) is 3. The zero-order valence-corrected chi connectivity index (χ0v) is 30.5. The predicted octanol–water partition coefficient (Wildman–Crippen LogP) is 9.80. The summed E-state index contributed by atoms with van der Waals surface area (Å²) < 4.78 is 2.51. The summed E-state index contributed by atoms with van der Waals surface area (Å²) in [5.74, 6) is 2.00. The third-order valence-electron chi connectivity index (χ3n) is 11.7. The highest BCUT2D eigenvalue weighted by Crippen LogP contribution is 2.55. The zero-order chi connectivity index (χ0) is 35.3. The molecule has 250 valence electrons. The summed E-state index contributed by atoms with van der Waals surface area (Å²) in [6.07, 6.45) is 0. The van der Waals surface area contributed by atoms with Gasteiger partial charge in [0.2, 0.25) is 0 Å². The monoisotopic (exact) mass is 694 g/mol. The third kappa shape index (κ3) is 4.08. The summed E-state index contributed by atoms with van der Waals surface area (Å²) in [5, 5.41) is 5.48. The minimum Gasteiger partial charge on any atom is -0.309 e. The Kier molecular flexibility index (Phi) is 6.29. The maximum absolute atomic E-state index is 5.20. The maximum Gasteiger partial charge on any atom is 0.164 e. The van der Waals surface area contributed by atoms with Gasteiger partial charge >= 0.3 is 0 Å². The summed E-state index contributed by atoms with van der Waals surface area (Å²) in [6.45, 7) is 5.01. The summed E-state index contributed by atoms with van der Waals surface area (Å²) >= 11 is 0. The van der Waals surface area contributed by atoms with Crippen molar-refractivity contribution < 1.29 is 0 Å². The van der Waals surface area contributed by atoms with Gasteiger partial charge in [-0.15, -0.1) is 0 Å². The largest absolute Gasteiger partial charge is 0.309 e. The molecule has 1 atom stereocenters. The first-order valence-electron chi connectivity index (χ1n) is 18.3. The Morgan fingerprint density at radius 2 is 0.981 bits per heavy atom. The van der Waals surface area contributed by atoms with Crippen molar-refractivity contribution in [3.63, 3.8) is 0 Å². The van der Waals surface area contributed by atoms with Crippen molar-refractivity contribution >= 4 is 40.3 Å². The van der Waals surface area contributed by atoms with Crippen molar-refractivity contribution in [1.82, 2.24) is 19.5 Å². The maximum atomic E-state index is 5.20. The quantitative estimate of drug-likeness (QED) is 0.173. The molecule has 7 aromatic carbocycles. The normalized spacial score (nSPS) is 16.3. The Hall–Kier alpha value is -6.43. The van der Waals surface area contributed by atoms with E-state index >= 15 is 0 Å². The number of rotatable bonds is 3. The Morgan fingerprint density at radius 1 is 0.434 bits per heavy atom. The average Bonchev–Trinajstić information content (AvgIpc) is 3.57. The Balaban J connectivity index is 1.27. The average molecular weight is 695 g/mol. The summed E-state index contributed by atoms with van der Waals surface area (Å²) in [6, 6.07) is 61.7. The van der Waals surface area contributed by atoms with E-state index in [1.807, 2.05) is 36.4 Å². The van der Waals surface area contributed by atoms with Gasteiger partial charge in [0.05, 0.1) is 22.1 Å². The molecule has 0 N–H and O–H groups in total. The molecule has 0 fully saturated rings. The first kappa shape index (κ1) is 30.2. The molecule has 2 aliphatic rings. The Morgan fingerprint density at radius 3 is 1.72 bits per heavy atom. The molecule has 5 heteroatoms. The lowest BCUT2D eigenvalue weighted by Gasteiger charge is -2.49. The van der Waals surface area contributed by atoms with E-state index in [1.54, 1.807) is 0 Å². The molecule has 0 bridgehead atoms. The van der Waals surface area contributed by atoms with E-state index in [9.17, 15) is 0 Å². The number of nitrogens with zero attached hydrogens (tertiary/aromatic N) is 4. The molecule has 4 nitrogen and oxygen atoms in total. The second-order valence-electron chi connectivity index (χ2n) is 14.8. The minimum absolute atomic E-state index is 0.567. The lowest BCUT2D eigenvalue weighted by atomic mass is 9.62. The first-order chi connectivity index (χ1) is 26.0. The van der Waals surface area contributed by atoms with Gasteiger partial charge in [-0.05, 0) is 50.8 Å². The number of benzene rings is 7. The molecule has 4 heterocycles. The number of fused-ring (bicyclic) bond motifs is 11. The molecule has 9 aromatic rings. The van der Waals surface area contributed by atoms with Gasteiger partial charge in [-0.2, -0.15) is 0 Å². The molecule has 53 heavy (non-hydrogen) atoms. The molecule has 0 radical (unpaired) electrons. The smallest absolute Gasteiger partial charge is 0.164 e. The fraction of sp³-hybridized carbons (Fsp3) is 0.0625. The van der Waals surface area contributed by atoms with Crippen molar-refractivity contribution in [2.75, 3.05) is 0 Å². The van der Waals surface area contributed by atoms with E-state index in [4.69, 9.17) is 15.0 Å². The van der Waals surface area contributed by atoms with Crippen LogP contribution in [0, 0.1) is 0 Å². The standard InChI is InChI=1S/C48H34N4Si/c1-53(2)42-27-14-11-23-37(42)48(36-22-10-13-26-41(36)52-40-25-12-9-20-34(40)35-21-15-24-38(48)44(35)52)39-30-33(28-29-43(39)53)47-50-45(31-16-5-3-6-17-31)49-46(51-47)32-18-7-4-8-19-32/h3-30H,1-2H3. The van der Waals surface area contributed by atoms with E-state index in [-0.39, 0.29) is 0 Å². The van der Waals surface area contributed by atoms with Crippen LogP contribution in [0.4, 0.5) is 0 Å². The van der Waals surface area contributed by atoms with Crippen LogP contribution in [0.25, 0.3) is 61.7 Å². The molecule has 0 saturated carbocycles. The second-order valence-corrected chi connectivity index (χ2v) is 19.1. The highest BCUT2D eigenvalue weighted by Gasteiger charge is 2.53. The highest BCUT2D eigenvalue weighted by atomic mass is 28.3. The zero-order valence-electron chi connectivity index (χ0n) is 29.5. The topological polar surface area (TPSA) is 43.6 Å². The fourth-order valence-electron chi connectivity index (χ4n) is 9.40. The van der Waals surface area contributed by atoms with Crippen LogP contribution in [0.3, 0.4) is 0 Å². The van der Waals surface area contributed by atoms with Gasteiger partial charge in [-0.1, -0.05) is 165 Å². The molecule has 11 rings (SSSR count). The van der Waals surface area contributed by atoms with Crippen LogP contribution >= 0.6 is 0 Å². The van der Waals surface area contributed by atoms with Gasteiger partial charge in [0.25, 0.3) is 0 Å². The molecule has 0 aliphatic carbocycles. The fourth-order valence-corrected chi connectivity index (χ4v) is 12.6. The summed E-state index contributed by atoms with van der Waals surface area (Å²) in [4.78, 5) is 15.4. The van der Waals surface area contributed by atoms with E-state index in [1.165, 1.54) is 60.1 Å². The number of aromatic nitrogens is 4. The molecule has 2 aliphatic heterocycles. The van der Waals surface area contributed by atoms with Gasteiger partial charge in [0.15, 0.2) is 17.5 Å². The van der Waals surface area contributed by atoms with E-state index in [0.29, 0.717) is 17.5 Å². The van der Waals surface area contributed by atoms with Crippen LogP contribution in [-0.4, -0.2) is 27.6 Å². The third-order valence-corrected chi connectivity index (χ3v) is 15.3. The number of para-hydroxylation sites is 3. The SMILES string of the molecule is C[Si]1(C)c2ccccc2C2(c3ccccc3-n3c4ccccc4c4cccc2c43)c2cc(-c3nc(-c4ccccc4)nc(-c4ccccc4)n3)ccc21. The molecular formula is C48H34N4Si. The van der Waals surface area contributed by atoms with Crippen LogP contribution in [-0.2, 0) is 5.41 Å². The Labute approximate surface area is 309 Å². The summed E-state index contributed by atoms with van der Waals surface area (Å²) in [5.41, 5.74) is 11.4. The molecule has 1 unspecified atom stereocenters. The van der Waals surface area contributed by atoms with Crippen LogP contribution in [0.1, 0.15) is 22.3 Å². The minimum atomic E-state index is -2.18. The molecular weight excluding hydrogens is 661 g/mol. The molecule has 1 spiro atoms. The van der Waals surface area contributed by atoms with Crippen LogP contribution in [0.5, 0.6) is 0 Å². The van der Waals surface area contributed by atoms with Gasteiger partial charge in [0, 0.05) is 27.5 Å². The highest BCUT2D eigenvalue weighted by molar-refractivity contribution is 7.01. The lowest BCUT2D eigenvalue weighted by molar-refractivity contribution is 0.732. The van der Waals surface area contributed by atoms with Crippen molar-refractivity contribution in [3.8, 4) is 39.9 Å². The van der Waals surface area contributed by atoms with E-state index < -0.39 is 13.5 Å². The molecule has 2 aromatic heterocycles. The van der Waals surface area contributed by atoms with Gasteiger partial charge in [-0.25, -0.2) is 15.0 Å². The second kappa shape index (κ2) is 11.0. The molecule has 0 saturated heterocycles. The Bertz CT molecular complexity index is 2870.